The second-order valence-corrected chi connectivity index (χ2v) is 8.30. The smallest absolute Gasteiger partial charge is 0.230 e. The molecule has 2 aromatic heterocycles. The van der Waals surface area contributed by atoms with E-state index in [0.29, 0.717) is 23.3 Å². The van der Waals surface area contributed by atoms with Gasteiger partial charge < -0.3 is 14.5 Å². The molecule has 31 heavy (non-hydrogen) atoms. The number of para-hydroxylation sites is 2. The Morgan fingerprint density at radius 2 is 1.97 bits per heavy atom. The molecule has 1 aliphatic rings. The molecule has 8 heteroatoms. The molecule has 4 aromatic rings. The zero-order valence-electron chi connectivity index (χ0n) is 16.9. The van der Waals surface area contributed by atoms with E-state index in [1.165, 1.54) is 11.8 Å². The fourth-order valence-corrected chi connectivity index (χ4v) is 4.42. The summed E-state index contributed by atoms with van der Waals surface area (Å²) in [5.41, 5.74) is 1.70. The van der Waals surface area contributed by atoms with Gasteiger partial charge in [-0.15, -0.1) is 10.2 Å². The summed E-state index contributed by atoms with van der Waals surface area (Å²) in [6.07, 6.45) is 2.18. The molecule has 1 saturated heterocycles. The number of carbonyl (C=O) groups excluding carboxylic acids is 1. The van der Waals surface area contributed by atoms with Crippen LogP contribution in [0.3, 0.4) is 0 Å². The van der Waals surface area contributed by atoms with Crippen LogP contribution in [0.15, 0.2) is 70.2 Å². The number of furan rings is 1. The first kappa shape index (κ1) is 19.8. The Bertz CT molecular complexity index is 1150. The van der Waals surface area contributed by atoms with Crippen LogP contribution in [-0.4, -0.2) is 45.7 Å². The molecule has 2 aromatic carbocycles. The number of hydrogen-bond donors (Lipinski definition) is 1. The second kappa shape index (κ2) is 8.95. The highest BCUT2D eigenvalue weighted by molar-refractivity contribution is 7.99. The van der Waals surface area contributed by atoms with Crippen molar-refractivity contribution in [1.29, 1.82) is 0 Å². The first-order valence-electron chi connectivity index (χ1n) is 10.3. The fourth-order valence-electron chi connectivity index (χ4n) is 3.64. The van der Waals surface area contributed by atoms with E-state index in [1.54, 1.807) is 0 Å². The van der Waals surface area contributed by atoms with Gasteiger partial charge in [0.25, 0.3) is 0 Å². The van der Waals surface area contributed by atoms with Crippen molar-refractivity contribution in [3.63, 3.8) is 0 Å². The van der Waals surface area contributed by atoms with Gasteiger partial charge in [-0.05, 0) is 37.1 Å². The number of amides is 1. The lowest BCUT2D eigenvalue weighted by Crippen LogP contribution is -2.32. The van der Waals surface area contributed by atoms with Crippen LogP contribution in [0.5, 0.6) is 0 Å². The lowest BCUT2D eigenvalue weighted by Gasteiger charge is -2.11. The Labute approximate surface area is 183 Å². The monoisotopic (exact) mass is 434 g/mol. The Balaban J connectivity index is 1.39. The van der Waals surface area contributed by atoms with E-state index in [-0.39, 0.29) is 17.8 Å². The van der Waals surface area contributed by atoms with Gasteiger partial charge in [0, 0.05) is 24.2 Å². The van der Waals surface area contributed by atoms with E-state index in [4.69, 9.17) is 9.15 Å². The van der Waals surface area contributed by atoms with Gasteiger partial charge in [0.05, 0.1) is 11.9 Å². The number of nitrogens with zero attached hydrogens (tertiary/aromatic N) is 3. The van der Waals surface area contributed by atoms with E-state index in [2.05, 4.69) is 15.5 Å². The molecular formula is C23H22N4O3S. The molecule has 0 spiro atoms. The maximum Gasteiger partial charge on any atom is 0.230 e. The molecule has 158 valence electrons. The van der Waals surface area contributed by atoms with Crippen molar-refractivity contribution in [2.75, 3.05) is 18.9 Å². The lowest BCUT2D eigenvalue weighted by molar-refractivity contribution is -0.119. The molecular weight excluding hydrogens is 412 g/mol. The van der Waals surface area contributed by atoms with Crippen molar-refractivity contribution in [2.24, 2.45) is 0 Å². The molecule has 5 rings (SSSR count). The number of nitrogens with one attached hydrogen (secondary N) is 1. The molecule has 0 unspecified atom stereocenters. The fraction of sp³-hybridized carbons (Fsp3) is 0.261. The van der Waals surface area contributed by atoms with E-state index < -0.39 is 0 Å². The maximum absolute atomic E-state index is 12.4. The number of fused-ring (bicyclic) bond motifs is 1. The zero-order chi connectivity index (χ0) is 21.0. The molecule has 0 saturated carbocycles. The van der Waals surface area contributed by atoms with Crippen molar-refractivity contribution in [3.8, 4) is 17.3 Å². The molecule has 7 nitrogen and oxygen atoms in total. The summed E-state index contributed by atoms with van der Waals surface area (Å²) in [4.78, 5) is 12.4. The minimum absolute atomic E-state index is 0.0478. The molecule has 0 bridgehead atoms. The predicted octanol–water partition coefficient (Wildman–Crippen LogP) is 4.07. The van der Waals surface area contributed by atoms with Crippen molar-refractivity contribution in [3.05, 3.63) is 60.7 Å². The lowest BCUT2D eigenvalue weighted by atomic mass is 10.2. The number of carbonyl (C=O) groups is 1. The summed E-state index contributed by atoms with van der Waals surface area (Å²) in [5.74, 6) is 1.43. The second-order valence-electron chi connectivity index (χ2n) is 7.35. The van der Waals surface area contributed by atoms with Crippen LogP contribution in [0.4, 0.5) is 0 Å². The first-order valence-corrected chi connectivity index (χ1v) is 11.3. The van der Waals surface area contributed by atoms with Crippen molar-refractivity contribution >= 4 is 28.6 Å². The van der Waals surface area contributed by atoms with Crippen LogP contribution in [0.25, 0.3) is 28.2 Å². The van der Waals surface area contributed by atoms with Crippen LogP contribution < -0.4 is 5.32 Å². The number of ether oxygens (including phenoxy) is 1. The first-order chi connectivity index (χ1) is 15.3. The average Bonchev–Trinajstić information content (AvgIpc) is 3.55. The Morgan fingerprint density at radius 3 is 2.77 bits per heavy atom. The molecule has 0 radical (unpaired) electrons. The van der Waals surface area contributed by atoms with Crippen molar-refractivity contribution in [2.45, 2.75) is 24.1 Å². The van der Waals surface area contributed by atoms with Crippen LogP contribution >= 0.6 is 11.8 Å². The molecule has 1 atom stereocenters. The van der Waals surface area contributed by atoms with Crippen LogP contribution in [-0.2, 0) is 9.53 Å². The number of aromatic nitrogens is 3. The third-order valence-electron chi connectivity index (χ3n) is 5.18. The van der Waals surface area contributed by atoms with Crippen molar-refractivity contribution in [1.82, 2.24) is 20.1 Å². The SMILES string of the molecule is O=C(CSc1nnc(-c2cc3ccccc3o2)n1-c1ccccc1)NC[C@@H]1CCCO1. The minimum atomic E-state index is -0.0478. The van der Waals surface area contributed by atoms with Gasteiger partial charge in [0.1, 0.15) is 5.58 Å². The largest absolute Gasteiger partial charge is 0.453 e. The van der Waals surface area contributed by atoms with Gasteiger partial charge in [0.2, 0.25) is 11.7 Å². The summed E-state index contributed by atoms with van der Waals surface area (Å²) in [7, 11) is 0. The standard InChI is InChI=1S/C23H22N4O3S/c28-21(24-14-18-10-6-12-29-18)15-31-23-26-25-22(27(23)17-8-2-1-3-9-17)20-13-16-7-4-5-11-19(16)30-20/h1-5,7-9,11,13,18H,6,10,12,14-15H2,(H,24,28)/t18-/m0/s1. The quantitative estimate of drug-likeness (QED) is 0.442. The minimum Gasteiger partial charge on any atom is -0.453 e. The number of benzene rings is 2. The maximum atomic E-state index is 12.4. The van der Waals surface area contributed by atoms with E-state index in [9.17, 15) is 4.79 Å². The third kappa shape index (κ3) is 4.35. The molecule has 1 fully saturated rings. The number of thioether (sulfide) groups is 1. The summed E-state index contributed by atoms with van der Waals surface area (Å²) in [6.45, 7) is 1.33. The van der Waals surface area contributed by atoms with Crippen LogP contribution in [0.1, 0.15) is 12.8 Å². The third-order valence-corrected chi connectivity index (χ3v) is 6.11. The summed E-state index contributed by atoms with van der Waals surface area (Å²) >= 11 is 1.35. The van der Waals surface area contributed by atoms with Gasteiger partial charge in [-0.1, -0.05) is 48.2 Å². The molecule has 1 aliphatic heterocycles. The van der Waals surface area contributed by atoms with Gasteiger partial charge in [-0.2, -0.15) is 0 Å². The van der Waals surface area contributed by atoms with Crippen LogP contribution in [0.2, 0.25) is 0 Å². The summed E-state index contributed by atoms with van der Waals surface area (Å²) in [6, 6.07) is 19.6. The van der Waals surface area contributed by atoms with Gasteiger partial charge in [-0.3, -0.25) is 9.36 Å². The normalized spacial score (nSPS) is 16.1. The van der Waals surface area contributed by atoms with Gasteiger partial charge >= 0.3 is 0 Å². The highest BCUT2D eigenvalue weighted by atomic mass is 32.2. The van der Waals surface area contributed by atoms with Gasteiger partial charge in [-0.25, -0.2) is 0 Å². The summed E-state index contributed by atoms with van der Waals surface area (Å²) in [5, 5.41) is 13.3. The Hall–Kier alpha value is -3.10. The average molecular weight is 435 g/mol. The Kier molecular flexibility index (Phi) is 5.73. The Morgan fingerprint density at radius 1 is 1.13 bits per heavy atom. The van der Waals surface area contributed by atoms with E-state index >= 15 is 0 Å². The molecule has 3 heterocycles. The summed E-state index contributed by atoms with van der Waals surface area (Å²) < 4.78 is 13.5. The molecule has 1 amide bonds. The highest BCUT2D eigenvalue weighted by Crippen LogP contribution is 2.31. The van der Waals surface area contributed by atoms with Gasteiger partial charge in [0.15, 0.2) is 10.9 Å². The van der Waals surface area contributed by atoms with Crippen LogP contribution in [0, 0.1) is 0 Å². The topological polar surface area (TPSA) is 82.2 Å². The highest BCUT2D eigenvalue weighted by Gasteiger charge is 2.21. The van der Waals surface area contributed by atoms with E-state index in [1.807, 2.05) is 65.2 Å². The zero-order valence-corrected chi connectivity index (χ0v) is 17.7. The molecule has 0 aliphatic carbocycles. The number of hydrogen-bond acceptors (Lipinski definition) is 6. The van der Waals surface area contributed by atoms with Crippen molar-refractivity contribution < 1.29 is 13.9 Å². The number of rotatable bonds is 7. The van der Waals surface area contributed by atoms with E-state index in [0.717, 1.165) is 36.1 Å². The molecule has 1 N–H and O–H groups in total. The predicted molar refractivity (Wildman–Crippen MR) is 119 cm³/mol.